The van der Waals surface area contributed by atoms with Gasteiger partial charge in [-0.1, -0.05) is 23.7 Å². The van der Waals surface area contributed by atoms with Crippen LogP contribution in [0.2, 0.25) is 5.02 Å². The summed E-state index contributed by atoms with van der Waals surface area (Å²) < 4.78 is 48.4. The number of carbonyl (C=O) groups is 1. The van der Waals surface area contributed by atoms with Crippen LogP contribution in [-0.2, 0) is 27.8 Å². The second kappa shape index (κ2) is 13.4. The van der Waals surface area contributed by atoms with Crippen molar-refractivity contribution >= 4 is 49.8 Å². The Balaban J connectivity index is 1.32. The largest absolute Gasteiger partial charge is 0.487 e. The number of furan rings is 1. The first-order valence-corrected chi connectivity index (χ1v) is 15.9. The van der Waals surface area contributed by atoms with Crippen LogP contribution in [0.5, 0.6) is 5.75 Å². The molecule has 0 radical (unpaired) electrons. The summed E-state index contributed by atoms with van der Waals surface area (Å²) >= 11 is 6.47. The SMILES string of the molecule is CS(=O)(=O)CCN(CC(=O)O)Cc1ccc(-c2ccc3ncnc(Nc4ccc(OCc5cccc(F)c5)c(Cl)c4)c3c2)o1. The summed E-state index contributed by atoms with van der Waals surface area (Å²) in [7, 11) is -3.26. The number of rotatable bonds is 13. The lowest BCUT2D eigenvalue weighted by Gasteiger charge is -2.18. The van der Waals surface area contributed by atoms with E-state index in [2.05, 4.69) is 15.3 Å². The number of anilines is 2. The number of sulfone groups is 1. The zero-order valence-electron chi connectivity index (χ0n) is 23.5. The zero-order valence-corrected chi connectivity index (χ0v) is 25.1. The van der Waals surface area contributed by atoms with Crippen LogP contribution < -0.4 is 10.1 Å². The van der Waals surface area contributed by atoms with Gasteiger partial charge in [0.1, 0.15) is 51.7 Å². The second-order valence-corrected chi connectivity index (χ2v) is 12.8. The van der Waals surface area contributed by atoms with Crippen LogP contribution in [0, 0.1) is 5.82 Å². The minimum Gasteiger partial charge on any atom is -0.487 e. The van der Waals surface area contributed by atoms with E-state index < -0.39 is 15.8 Å². The molecule has 10 nitrogen and oxygen atoms in total. The van der Waals surface area contributed by atoms with Crippen molar-refractivity contribution in [3.05, 3.63) is 101 Å². The lowest BCUT2D eigenvalue weighted by atomic mass is 10.1. The van der Waals surface area contributed by atoms with Crippen LogP contribution in [0.1, 0.15) is 11.3 Å². The zero-order chi connectivity index (χ0) is 31.3. The molecule has 228 valence electrons. The first-order chi connectivity index (χ1) is 21.0. The average Bonchev–Trinajstić information content (AvgIpc) is 3.43. The van der Waals surface area contributed by atoms with E-state index in [1.807, 2.05) is 18.2 Å². The molecule has 0 atom stereocenters. The number of benzene rings is 3. The fraction of sp³-hybridized carbons (Fsp3) is 0.194. The van der Waals surface area contributed by atoms with Gasteiger partial charge in [0.15, 0.2) is 0 Å². The molecule has 2 aromatic heterocycles. The molecule has 13 heteroatoms. The summed E-state index contributed by atoms with van der Waals surface area (Å²) in [6.07, 6.45) is 2.56. The fourth-order valence-electron chi connectivity index (χ4n) is 4.47. The summed E-state index contributed by atoms with van der Waals surface area (Å²) in [5.74, 6) is 0.444. The van der Waals surface area contributed by atoms with Gasteiger partial charge in [-0.2, -0.15) is 0 Å². The highest BCUT2D eigenvalue weighted by Crippen LogP contribution is 2.33. The van der Waals surface area contributed by atoms with Gasteiger partial charge < -0.3 is 19.6 Å². The number of hydrogen-bond acceptors (Lipinski definition) is 9. The van der Waals surface area contributed by atoms with Gasteiger partial charge in [-0.05, 0) is 66.2 Å². The third kappa shape index (κ3) is 8.31. The van der Waals surface area contributed by atoms with Crippen LogP contribution in [-0.4, -0.2) is 59.5 Å². The molecule has 0 fully saturated rings. The maximum Gasteiger partial charge on any atom is 0.317 e. The molecule has 5 rings (SSSR count). The van der Waals surface area contributed by atoms with E-state index in [-0.39, 0.29) is 37.8 Å². The third-order valence-electron chi connectivity index (χ3n) is 6.58. The van der Waals surface area contributed by atoms with Crippen molar-refractivity contribution in [3.63, 3.8) is 0 Å². The van der Waals surface area contributed by atoms with Crippen molar-refractivity contribution in [3.8, 4) is 17.1 Å². The predicted molar refractivity (Wildman–Crippen MR) is 165 cm³/mol. The van der Waals surface area contributed by atoms with Crippen molar-refractivity contribution in [1.82, 2.24) is 14.9 Å². The minimum atomic E-state index is -3.26. The Bertz CT molecular complexity index is 1920. The standard InChI is InChI=1S/C31H28ClFN4O6S/c1-44(40,41)12-11-37(17-30(38)39)16-24-7-10-28(43-24)21-5-8-27-25(14-21)31(35-19-34-27)36-23-6-9-29(26(32)15-23)42-18-20-3-2-4-22(33)13-20/h2-10,13-15,19H,11-12,16-18H2,1H3,(H,38,39)(H,34,35,36). The quantitative estimate of drug-likeness (QED) is 0.160. The Hall–Kier alpha value is -4.52. The molecule has 5 aromatic rings. The molecule has 3 aromatic carbocycles. The van der Waals surface area contributed by atoms with E-state index in [0.717, 1.165) is 11.8 Å². The second-order valence-electron chi connectivity index (χ2n) is 10.1. The molecule has 0 unspecified atom stereocenters. The fourth-order valence-corrected chi connectivity index (χ4v) is 5.29. The Morgan fingerprint density at radius 3 is 2.68 bits per heavy atom. The number of aromatic nitrogens is 2. The topological polar surface area (TPSA) is 135 Å². The molecule has 0 aliphatic carbocycles. The summed E-state index contributed by atoms with van der Waals surface area (Å²) in [4.78, 5) is 21.6. The van der Waals surface area contributed by atoms with Crippen LogP contribution in [0.3, 0.4) is 0 Å². The number of carboxylic acids is 1. The van der Waals surface area contributed by atoms with E-state index in [1.54, 1.807) is 42.5 Å². The Morgan fingerprint density at radius 2 is 1.93 bits per heavy atom. The first-order valence-electron chi connectivity index (χ1n) is 13.4. The Labute approximate surface area is 258 Å². The summed E-state index contributed by atoms with van der Waals surface area (Å²) in [6, 6.07) is 20.4. The number of hydrogen-bond donors (Lipinski definition) is 2. The van der Waals surface area contributed by atoms with Gasteiger partial charge in [0.05, 0.1) is 29.4 Å². The highest BCUT2D eigenvalue weighted by Gasteiger charge is 2.16. The molecule has 0 saturated heterocycles. The van der Waals surface area contributed by atoms with Gasteiger partial charge in [0, 0.05) is 29.4 Å². The molecular weight excluding hydrogens is 611 g/mol. The molecule has 2 heterocycles. The Morgan fingerprint density at radius 1 is 1.09 bits per heavy atom. The maximum atomic E-state index is 13.5. The molecule has 0 aliphatic heterocycles. The van der Waals surface area contributed by atoms with Crippen LogP contribution >= 0.6 is 11.6 Å². The summed E-state index contributed by atoms with van der Waals surface area (Å²) in [5.41, 5.74) is 2.76. The van der Waals surface area contributed by atoms with Crippen molar-refractivity contribution in [2.24, 2.45) is 0 Å². The monoisotopic (exact) mass is 638 g/mol. The lowest BCUT2D eigenvalue weighted by Crippen LogP contribution is -2.33. The molecule has 0 amide bonds. The van der Waals surface area contributed by atoms with Crippen molar-refractivity contribution in [2.75, 3.05) is 30.4 Å². The first kappa shape index (κ1) is 30.9. The van der Waals surface area contributed by atoms with Gasteiger partial charge in [-0.25, -0.2) is 22.8 Å². The minimum absolute atomic E-state index is 0.0631. The molecule has 0 spiro atoms. The van der Waals surface area contributed by atoms with E-state index >= 15 is 0 Å². The average molecular weight is 639 g/mol. The van der Waals surface area contributed by atoms with Gasteiger partial charge in [-0.3, -0.25) is 9.69 Å². The maximum absolute atomic E-state index is 13.5. The van der Waals surface area contributed by atoms with Crippen LogP contribution in [0.25, 0.3) is 22.2 Å². The van der Waals surface area contributed by atoms with E-state index in [1.165, 1.54) is 23.4 Å². The summed E-state index contributed by atoms with van der Waals surface area (Å²) in [6.45, 7) is 0.0377. The van der Waals surface area contributed by atoms with E-state index in [9.17, 15) is 22.7 Å². The number of fused-ring (bicyclic) bond motifs is 1. The molecule has 0 aliphatic rings. The highest BCUT2D eigenvalue weighted by atomic mass is 35.5. The van der Waals surface area contributed by atoms with E-state index in [0.29, 0.717) is 50.3 Å². The number of halogens is 2. The number of nitrogens with zero attached hydrogens (tertiary/aromatic N) is 3. The molecular formula is C31H28ClFN4O6S. The van der Waals surface area contributed by atoms with Crippen molar-refractivity contribution in [2.45, 2.75) is 13.2 Å². The van der Waals surface area contributed by atoms with Gasteiger partial charge in [0.2, 0.25) is 0 Å². The van der Waals surface area contributed by atoms with Crippen molar-refractivity contribution < 1.29 is 31.9 Å². The summed E-state index contributed by atoms with van der Waals surface area (Å²) in [5, 5.41) is 13.6. The van der Waals surface area contributed by atoms with Crippen molar-refractivity contribution in [1.29, 1.82) is 0 Å². The van der Waals surface area contributed by atoms with Gasteiger partial charge in [-0.15, -0.1) is 0 Å². The number of nitrogens with one attached hydrogen (secondary N) is 1. The molecule has 2 N–H and O–H groups in total. The van der Waals surface area contributed by atoms with Gasteiger partial charge in [0.25, 0.3) is 0 Å². The van der Waals surface area contributed by atoms with Crippen LogP contribution in [0.4, 0.5) is 15.9 Å². The van der Waals surface area contributed by atoms with E-state index in [4.69, 9.17) is 20.8 Å². The van der Waals surface area contributed by atoms with Crippen LogP contribution in [0.15, 0.2) is 83.5 Å². The Kier molecular flexibility index (Phi) is 9.43. The smallest absolute Gasteiger partial charge is 0.317 e. The molecule has 0 saturated carbocycles. The number of carboxylic acid groups (broad SMARTS) is 1. The lowest BCUT2D eigenvalue weighted by molar-refractivity contribution is -0.138. The third-order valence-corrected chi connectivity index (χ3v) is 7.80. The van der Waals surface area contributed by atoms with Gasteiger partial charge >= 0.3 is 5.97 Å². The number of ether oxygens (including phenoxy) is 1. The predicted octanol–water partition coefficient (Wildman–Crippen LogP) is 5.94. The number of aliphatic carboxylic acids is 1. The molecule has 44 heavy (non-hydrogen) atoms. The normalized spacial score (nSPS) is 11.6. The molecule has 0 bridgehead atoms. The highest BCUT2D eigenvalue weighted by molar-refractivity contribution is 7.90.